The normalized spacial score (nSPS) is 10.4. The fourth-order valence-corrected chi connectivity index (χ4v) is 1.57. The van der Waals surface area contributed by atoms with Gasteiger partial charge in [0.25, 0.3) is 0 Å². The molecule has 18 heavy (non-hydrogen) atoms. The highest BCUT2D eigenvalue weighted by molar-refractivity contribution is 6.00. The number of Topliss-reactive ketones (excluding diaryl/α,β-unsaturated/α-hetero) is 1. The molecule has 1 rings (SSSR count). The molecule has 0 aliphatic rings. The van der Waals surface area contributed by atoms with Gasteiger partial charge in [0.1, 0.15) is 5.75 Å². The Morgan fingerprint density at radius 3 is 2.50 bits per heavy atom. The van der Waals surface area contributed by atoms with Crippen LogP contribution in [0.3, 0.4) is 0 Å². The van der Waals surface area contributed by atoms with E-state index in [0.717, 1.165) is 5.56 Å². The first kappa shape index (κ1) is 14.2. The van der Waals surface area contributed by atoms with Crippen molar-refractivity contribution in [2.75, 3.05) is 0 Å². The standard InChI is InChI=1S/C14H18O4/c1-9(2)18-13-6-4-10(3)8-11(13)12(15)5-7-14(16)17/h4,6,8-9H,5,7H2,1-3H3,(H,16,17). The molecule has 0 spiro atoms. The minimum atomic E-state index is -0.970. The molecular formula is C14H18O4. The Morgan fingerprint density at radius 1 is 1.28 bits per heavy atom. The van der Waals surface area contributed by atoms with Gasteiger partial charge < -0.3 is 9.84 Å². The van der Waals surface area contributed by atoms with Crippen LogP contribution >= 0.6 is 0 Å². The quantitative estimate of drug-likeness (QED) is 0.788. The van der Waals surface area contributed by atoms with Crippen molar-refractivity contribution in [2.24, 2.45) is 0 Å². The maximum Gasteiger partial charge on any atom is 0.303 e. The molecule has 0 unspecified atom stereocenters. The SMILES string of the molecule is Cc1ccc(OC(C)C)c(C(=O)CCC(=O)O)c1. The van der Waals surface area contributed by atoms with Crippen LogP contribution in [0.2, 0.25) is 0 Å². The molecule has 0 saturated heterocycles. The third-order valence-corrected chi connectivity index (χ3v) is 2.36. The Hall–Kier alpha value is -1.84. The van der Waals surface area contributed by atoms with Crippen LogP contribution in [0, 0.1) is 6.92 Å². The van der Waals surface area contributed by atoms with Crippen LogP contribution in [-0.2, 0) is 4.79 Å². The molecule has 0 amide bonds. The molecule has 1 aromatic rings. The van der Waals surface area contributed by atoms with Gasteiger partial charge in [-0.05, 0) is 32.9 Å². The average Bonchev–Trinajstić information content (AvgIpc) is 2.27. The molecule has 4 nitrogen and oxygen atoms in total. The van der Waals surface area contributed by atoms with E-state index in [2.05, 4.69) is 0 Å². The van der Waals surface area contributed by atoms with E-state index in [9.17, 15) is 9.59 Å². The second-order valence-electron chi connectivity index (χ2n) is 4.48. The Labute approximate surface area is 107 Å². The topological polar surface area (TPSA) is 63.6 Å². The van der Waals surface area contributed by atoms with Crippen molar-refractivity contribution in [3.05, 3.63) is 29.3 Å². The number of ether oxygens (including phenoxy) is 1. The molecule has 0 heterocycles. The number of benzene rings is 1. The molecule has 1 N–H and O–H groups in total. The van der Waals surface area contributed by atoms with E-state index in [1.54, 1.807) is 12.1 Å². The summed E-state index contributed by atoms with van der Waals surface area (Å²) in [6, 6.07) is 5.36. The molecule has 0 bridgehead atoms. The van der Waals surface area contributed by atoms with Gasteiger partial charge in [-0.3, -0.25) is 9.59 Å². The smallest absolute Gasteiger partial charge is 0.303 e. The van der Waals surface area contributed by atoms with Gasteiger partial charge in [0, 0.05) is 6.42 Å². The summed E-state index contributed by atoms with van der Waals surface area (Å²) >= 11 is 0. The van der Waals surface area contributed by atoms with Gasteiger partial charge in [-0.1, -0.05) is 11.6 Å². The van der Waals surface area contributed by atoms with Gasteiger partial charge in [-0.25, -0.2) is 0 Å². The maximum atomic E-state index is 12.0. The van der Waals surface area contributed by atoms with E-state index in [4.69, 9.17) is 9.84 Å². The van der Waals surface area contributed by atoms with Gasteiger partial charge in [0.15, 0.2) is 5.78 Å². The van der Waals surface area contributed by atoms with Crippen molar-refractivity contribution >= 4 is 11.8 Å². The van der Waals surface area contributed by atoms with E-state index in [-0.39, 0.29) is 24.7 Å². The summed E-state index contributed by atoms with van der Waals surface area (Å²) < 4.78 is 5.56. The monoisotopic (exact) mass is 250 g/mol. The van der Waals surface area contributed by atoms with Gasteiger partial charge >= 0.3 is 5.97 Å². The highest BCUT2D eigenvalue weighted by atomic mass is 16.5. The predicted octanol–water partition coefficient (Wildman–Crippen LogP) is 2.83. The molecule has 0 aromatic heterocycles. The molecule has 0 aliphatic carbocycles. The first-order valence-corrected chi connectivity index (χ1v) is 5.92. The van der Waals surface area contributed by atoms with E-state index < -0.39 is 5.97 Å². The molecule has 98 valence electrons. The fourth-order valence-electron chi connectivity index (χ4n) is 1.57. The van der Waals surface area contributed by atoms with Gasteiger partial charge in [-0.15, -0.1) is 0 Å². The van der Waals surface area contributed by atoms with E-state index in [1.807, 2.05) is 26.8 Å². The summed E-state index contributed by atoms with van der Waals surface area (Å²) in [7, 11) is 0. The number of ketones is 1. The largest absolute Gasteiger partial charge is 0.490 e. The lowest BCUT2D eigenvalue weighted by Crippen LogP contribution is -2.11. The summed E-state index contributed by atoms with van der Waals surface area (Å²) in [5, 5.41) is 8.60. The van der Waals surface area contributed by atoms with Crippen LogP contribution in [0.4, 0.5) is 0 Å². The van der Waals surface area contributed by atoms with Crippen molar-refractivity contribution in [3.63, 3.8) is 0 Å². The second kappa shape index (κ2) is 6.19. The number of carboxylic acids is 1. The van der Waals surface area contributed by atoms with Crippen LogP contribution in [0.1, 0.15) is 42.6 Å². The Bertz CT molecular complexity index is 449. The summed E-state index contributed by atoms with van der Waals surface area (Å²) in [4.78, 5) is 22.4. The minimum absolute atomic E-state index is 0.00670. The number of rotatable bonds is 6. The zero-order chi connectivity index (χ0) is 13.7. The fraction of sp³-hybridized carbons (Fsp3) is 0.429. The van der Waals surface area contributed by atoms with Crippen molar-refractivity contribution in [1.29, 1.82) is 0 Å². The van der Waals surface area contributed by atoms with Crippen molar-refractivity contribution in [1.82, 2.24) is 0 Å². The van der Waals surface area contributed by atoms with Crippen LogP contribution in [-0.4, -0.2) is 23.0 Å². The lowest BCUT2D eigenvalue weighted by molar-refractivity contribution is -0.136. The number of carbonyl (C=O) groups excluding carboxylic acids is 1. The number of aliphatic carboxylic acids is 1. The first-order chi connectivity index (χ1) is 8.40. The zero-order valence-electron chi connectivity index (χ0n) is 10.9. The van der Waals surface area contributed by atoms with E-state index in [0.29, 0.717) is 11.3 Å². The maximum absolute atomic E-state index is 12.0. The zero-order valence-corrected chi connectivity index (χ0v) is 10.9. The summed E-state index contributed by atoms with van der Waals surface area (Å²) in [6.07, 6.45) is -0.194. The van der Waals surface area contributed by atoms with Crippen LogP contribution < -0.4 is 4.74 Å². The molecule has 0 aliphatic heterocycles. The summed E-state index contributed by atoms with van der Waals surface area (Å²) in [5.74, 6) is -0.648. The van der Waals surface area contributed by atoms with Gasteiger partial charge in [0.2, 0.25) is 0 Å². The van der Waals surface area contributed by atoms with Crippen LogP contribution in [0.5, 0.6) is 5.75 Å². The number of hydrogen-bond acceptors (Lipinski definition) is 3. The van der Waals surface area contributed by atoms with E-state index in [1.165, 1.54) is 0 Å². The minimum Gasteiger partial charge on any atom is -0.490 e. The third-order valence-electron chi connectivity index (χ3n) is 2.36. The number of hydrogen-bond donors (Lipinski definition) is 1. The highest BCUT2D eigenvalue weighted by Crippen LogP contribution is 2.23. The van der Waals surface area contributed by atoms with Gasteiger partial charge in [-0.2, -0.15) is 0 Å². The molecule has 0 saturated carbocycles. The molecule has 4 heteroatoms. The molecule has 0 radical (unpaired) electrons. The van der Waals surface area contributed by atoms with Crippen molar-refractivity contribution in [2.45, 2.75) is 39.7 Å². The molecule has 0 atom stereocenters. The lowest BCUT2D eigenvalue weighted by atomic mass is 10.0. The number of carboxylic acid groups (broad SMARTS) is 1. The lowest BCUT2D eigenvalue weighted by Gasteiger charge is -2.14. The van der Waals surface area contributed by atoms with Crippen LogP contribution in [0.25, 0.3) is 0 Å². The van der Waals surface area contributed by atoms with Gasteiger partial charge in [0.05, 0.1) is 18.1 Å². The first-order valence-electron chi connectivity index (χ1n) is 5.92. The Morgan fingerprint density at radius 2 is 1.94 bits per heavy atom. The second-order valence-corrected chi connectivity index (χ2v) is 4.48. The summed E-state index contributed by atoms with van der Waals surface area (Å²) in [5.41, 5.74) is 1.41. The number of aryl methyl sites for hydroxylation is 1. The highest BCUT2D eigenvalue weighted by Gasteiger charge is 2.15. The van der Waals surface area contributed by atoms with E-state index >= 15 is 0 Å². The predicted molar refractivity (Wildman–Crippen MR) is 68.1 cm³/mol. The van der Waals surface area contributed by atoms with Crippen molar-refractivity contribution < 1.29 is 19.4 Å². The molecule has 0 fully saturated rings. The van der Waals surface area contributed by atoms with Crippen LogP contribution in [0.15, 0.2) is 18.2 Å². The third kappa shape index (κ3) is 4.20. The average molecular weight is 250 g/mol. The Kier molecular flexibility index (Phi) is 4.89. The summed E-state index contributed by atoms with van der Waals surface area (Å²) in [6.45, 7) is 5.64. The Balaban J connectivity index is 2.93. The molecular weight excluding hydrogens is 232 g/mol. The number of carbonyl (C=O) groups is 2. The molecule has 1 aromatic carbocycles. The van der Waals surface area contributed by atoms with Crippen molar-refractivity contribution in [3.8, 4) is 5.75 Å².